The number of H-pyrrole nitrogens is 1. The van der Waals surface area contributed by atoms with Gasteiger partial charge < -0.3 is 14.3 Å². The van der Waals surface area contributed by atoms with Gasteiger partial charge in [0.1, 0.15) is 5.65 Å². The summed E-state index contributed by atoms with van der Waals surface area (Å²) >= 11 is 6.02. The van der Waals surface area contributed by atoms with Crippen molar-refractivity contribution in [3.05, 3.63) is 81.1 Å². The summed E-state index contributed by atoms with van der Waals surface area (Å²) < 4.78 is 6.96. The van der Waals surface area contributed by atoms with Crippen LogP contribution in [0.2, 0.25) is 5.02 Å². The minimum atomic E-state index is -0.0909. The number of nitrogens with one attached hydrogen (secondary N) is 1. The molecular formula is C23H22ClN5O3. The molecule has 1 aliphatic rings. The number of piperazine rings is 1. The molecule has 1 saturated heterocycles. The SMILES string of the molecule is Cc1nn(-c2ccc(Cl)cc2)c2[nH]c(CN3CCN(C(=O)c4ccco4)CC3)cc(=O)c12. The summed E-state index contributed by atoms with van der Waals surface area (Å²) in [7, 11) is 0. The number of aryl methyl sites for hydroxylation is 1. The molecule has 1 fully saturated rings. The second kappa shape index (κ2) is 8.29. The maximum Gasteiger partial charge on any atom is 0.289 e. The number of nitrogens with zero attached hydrogens (tertiary/aromatic N) is 4. The molecule has 9 heteroatoms. The fourth-order valence-corrected chi connectivity index (χ4v) is 4.24. The lowest BCUT2D eigenvalue weighted by Crippen LogP contribution is -2.48. The molecule has 1 amide bonds. The van der Waals surface area contributed by atoms with Crippen LogP contribution in [0.1, 0.15) is 21.9 Å². The summed E-state index contributed by atoms with van der Waals surface area (Å²) in [5, 5.41) is 5.79. The van der Waals surface area contributed by atoms with Crippen molar-refractivity contribution in [3.8, 4) is 5.69 Å². The third-order valence-corrected chi connectivity index (χ3v) is 6.00. The molecule has 1 N–H and O–H groups in total. The van der Waals surface area contributed by atoms with Gasteiger partial charge in [0.15, 0.2) is 11.2 Å². The Bertz CT molecular complexity index is 1320. The number of carbonyl (C=O) groups is 1. The predicted molar refractivity (Wildman–Crippen MR) is 121 cm³/mol. The maximum absolute atomic E-state index is 12.9. The lowest BCUT2D eigenvalue weighted by molar-refractivity contribution is 0.0596. The first kappa shape index (κ1) is 20.5. The van der Waals surface area contributed by atoms with E-state index < -0.39 is 0 Å². The van der Waals surface area contributed by atoms with Crippen LogP contribution in [-0.2, 0) is 6.54 Å². The summed E-state index contributed by atoms with van der Waals surface area (Å²) in [6.45, 7) is 5.04. The molecule has 3 aromatic heterocycles. The zero-order valence-corrected chi connectivity index (χ0v) is 18.3. The van der Waals surface area contributed by atoms with E-state index in [0.29, 0.717) is 60.2 Å². The van der Waals surface area contributed by atoms with Crippen molar-refractivity contribution in [1.82, 2.24) is 24.6 Å². The van der Waals surface area contributed by atoms with Crippen LogP contribution >= 0.6 is 11.6 Å². The number of pyridine rings is 1. The van der Waals surface area contributed by atoms with Crippen molar-refractivity contribution < 1.29 is 9.21 Å². The summed E-state index contributed by atoms with van der Waals surface area (Å²) in [6.07, 6.45) is 1.51. The van der Waals surface area contributed by atoms with Crippen LogP contribution in [0.25, 0.3) is 16.7 Å². The summed E-state index contributed by atoms with van der Waals surface area (Å²) in [4.78, 5) is 32.7. The molecule has 1 aliphatic heterocycles. The highest BCUT2D eigenvalue weighted by Gasteiger charge is 2.24. The van der Waals surface area contributed by atoms with Crippen LogP contribution in [0.5, 0.6) is 0 Å². The minimum Gasteiger partial charge on any atom is -0.459 e. The van der Waals surface area contributed by atoms with Crippen LogP contribution < -0.4 is 5.43 Å². The van der Waals surface area contributed by atoms with E-state index in [4.69, 9.17) is 16.0 Å². The van der Waals surface area contributed by atoms with Crippen molar-refractivity contribution in [3.63, 3.8) is 0 Å². The Hall–Kier alpha value is -3.36. The number of aromatic amines is 1. The van der Waals surface area contributed by atoms with E-state index in [1.54, 1.807) is 39.9 Å². The molecule has 0 aliphatic carbocycles. The molecule has 0 saturated carbocycles. The molecule has 164 valence electrons. The largest absolute Gasteiger partial charge is 0.459 e. The average molecular weight is 452 g/mol. The van der Waals surface area contributed by atoms with E-state index in [0.717, 1.165) is 11.4 Å². The zero-order chi connectivity index (χ0) is 22.2. The van der Waals surface area contributed by atoms with Gasteiger partial charge in [-0.2, -0.15) is 5.10 Å². The van der Waals surface area contributed by atoms with Crippen molar-refractivity contribution >= 4 is 28.5 Å². The van der Waals surface area contributed by atoms with Crippen molar-refractivity contribution in [2.45, 2.75) is 13.5 Å². The van der Waals surface area contributed by atoms with Gasteiger partial charge in [0.05, 0.1) is 23.0 Å². The molecule has 0 atom stereocenters. The van der Waals surface area contributed by atoms with Gasteiger partial charge in [-0.3, -0.25) is 14.5 Å². The van der Waals surface area contributed by atoms with Crippen molar-refractivity contribution in [1.29, 1.82) is 0 Å². The second-order valence-electron chi connectivity index (χ2n) is 7.90. The molecule has 5 rings (SSSR count). The molecule has 32 heavy (non-hydrogen) atoms. The molecule has 8 nitrogen and oxygen atoms in total. The average Bonchev–Trinajstić information content (AvgIpc) is 3.43. The Labute approximate surface area is 189 Å². The number of hydrogen-bond acceptors (Lipinski definition) is 5. The highest BCUT2D eigenvalue weighted by molar-refractivity contribution is 6.30. The van der Waals surface area contributed by atoms with Gasteiger partial charge in [0.2, 0.25) is 0 Å². The Balaban J connectivity index is 1.36. The van der Waals surface area contributed by atoms with Gasteiger partial charge in [0.25, 0.3) is 5.91 Å². The van der Waals surface area contributed by atoms with E-state index in [-0.39, 0.29) is 11.3 Å². The fourth-order valence-electron chi connectivity index (χ4n) is 4.12. The zero-order valence-electron chi connectivity index (χ0n) is 17.5. The Morgan fingerprint density at radius 3 is 2.59 bits per heavy atom. The number of amides is 1. The van der Waals surface area contributed by atoms with E-state index in [1.807, 2.05) is 19.1 Å². The van der Waals surface area contributed by atoms with Gasteiger partial charge in [-0.1, -0.05) is 11.6 Å². The fraction of sp³-hybridized carbons (Fsp3) is 0.261. The molecule has 4 heterocycles. The Morgan fingerprint density at radius 2 is 1.91 bits per heavy atom. The predicted octanol–water partition coefficient (Wildman–Crippen LogP) is 3.23. The maximum atomic E-state index is 12.9. The number of hydrogen-bond donors (Lipinski definition) is 1. The minimum absolute atomic E-state index is 0.0573. The first-order valence-electron chi connectivity index (χ1n) is 10.4. The van der Waals surface area contributed by atoms with Crippen molar-refractivity contribution in [2.75, 3.05) is 26.2 Å². The highest BCUT2D eigenvalue weighted by atomic mass is 35.5. The second-order valence-corrected chi connectivity index (χ2v) is 8.34. The van der Waals surface area contributed by atoms with Crippen LogP contribution in [0.15, 0.2) is 57.9 Å². The normalized spacial score (nSPS) is 14.9. The summed E-state index contributed by atoms with van der Waals surface area (Å²) in [6, 6.07) is 12.4. The number of furan rings is 1. The van der Waals surface area contributed by atoms with E-state index in [2.05, 4.69) is 15.0 Å². The van der Waals surface area contributed by atoms with Crippen LogP contribution in [0.4, 0.5) is 0 Å². The molecule has 0 unspecified atom stereocenters. The summed E-state index contributed by atoms with van der Waals surface area (Å²) in [5.41, 5.74) is 2.92. The van der Waals surface area contributed by atoms with Crippen LogP contribution in [0.3, 0.4) is 0 Å². The standard InChI is InChI=1S/C23H22ClN5O3/c1-15-21-19(30)13-17(25-22(21)29(26-15)18-6-4-16(24)5-7-18)14-27-8-10-28(11-9-27)23(31)20-3-2-12-32-20/h2-7,12-13H,8-11,14H2,1H3,(H,25,30). The molecular weight excluding hydrogens is 430 g/mol. The monoisotopic (exact) mass is 451 g/mol. The quantitative estimate of drug-likeness (QED) is 0.514. The van der Waals surface area contributed by atoms with Crippen molar-refractivity contribution in [2.24, 2.45) is 0 Å². The lowest BCUT2D eigenvalue weighted by Gasteiger charge is -2.34. The first-order valence-corrected chi connectivity index (χ1v) is 10.8. The number of fused-ring (bicyclic) bond motifs is 1. The van der Waals surface area contributed by atoms with Gasteiger partial charge in [-0.25, -0.2) is 4.68 Å². The van der Waals surface area contributed by atoms with Crippen LogP contribution in [0, 0.1) is 6.92 Å². The number of aromatic nitrogens is 3. The smallest absolute Gasteiger partial charge is 0.289 e. The third kappa shape index (κ3) is 3.83. The lowest BCUT2D eigenvalue weighted by atomic mass is 10.2. The molecule has 4 aromatic rings. The highest BCUT2D eigenvalue weighted by Crippen LogP contribution is 2.20. The van der Waals surface area contributed by atoms with Gasteiger partial charge in [0, 0.05) is 49.5 Å². The Kier molecular flexibility index (Phi) is 5.32. The molecule has 0 bridgehead atoms. The third-order valence-electron chi connectivity index (χ3n) is 5.75. The van der Waals surface area contributed by atoms with Gasteiger partial charge in [-0.05, 0) is 43.3 Å². The molecule has 1 aromatic carbocycles. The van der Waals surface area contributed by atoms with E-state index in [1.165, 1.54) is 6.26 Å². The number of rotatable bonds is 4. The number of carbonyl (C=O) groups excluding carboxylic acids is 1. The van der Waals surface area contributed by atoms with E-state index in [9.17, 15) is 9.59 Å². The summed E-state index contributed by atoms with van der Waals surface area (Å²) in [5.74, 6) is 0.269. The van der Waals surface area contributed by atoms with Crippen LogP contribution in [-0.4, -0.2) is 56.7 Å². The van der Waals surface area contributed by atoms with Gasteiger partial charge in [-0.15, -0.1) is 0 Å². The van der Waals surface area contributed by atoms with Gasteiger partial charge >= 0.3 is 0 Å². The number of halogens is 1. The van der Waals surface area contributed by atoms with E-state index >= 15 is 0 Å². The number of benzene rings is 1. The molecule has 0 radical (unpaired) electrons. The topological polar surface area (TPSA) is 87.4 Å². The molecule has 0 spiro atoms. The Morgan fingerprint density at radius 1 is 1.16 bits per heavy atom. The first-order chi connectivity index (χ1) is 15.5.